The molecular formula is C27H27FN2O3. The van der Waals surface area contributed by atoms with Crippen LogP contribution in [0.3, 0.4) is 0 Å². The Morgan fingerprint density at radius 3 is 2.58 bits per heavy atom. The van der Waals surface area contributed by atoms with Gasteiger partial charge in [-0.1, -0.05) is 30.3 Å². The number of benzene rings is 3. The molecule has 0 fully saturated rings. The van der Waals surface area contributed by atoms with Gasteiger partial charge in [0, 0.05) is 41.7 Å². The minimum atomic E-state index is -0.410. The zero-order valence-electron chi connectivity index (χ0n) is 19.0. The monoisotopic (exact) mass is 446 g/mol. The van der Waals surface area contributed by atoms with Crippen LogP contribution in [0.2, 0.25) is 0 Å². The van der Waals surface area contributed by atoms with Crippen molar-refractivity contribution in [1.82, 2.24) is 9.88 Å². The van der Waals surface area contributed by atoms with Gasteiger partial charge in [-0.25, -0.2) is 4.39 Å². The largest absolute Gasteiger partial charge is 0.494 e. The molecule has 1 N–H and O–H groups in total. The molecule has 1 heterocycles. The summed E-state index contributed by atoms with van der Waals surface area (Å²) in [5.41, 5.74) is 3.82. The zero-order valence-corrected chi connectivity index (χ0v) is 19.0. The maximum absolute atomic E-state index is 14.0. The topological polar surface area (TPSA) is 52.5 Å². The number of methoxy groups -OCH3 is 1. The lowest BCUT2D eigenvalue weighted by molar-refractivity contribution is -0.119. The smallest absolute Gasteiger partial charge is 0.217 e. The molecule has 0 aliphatic heterocycles. The van der Waals surface area contributed by atoms with Crippen LogP contribution >= 0.6 is 0 Å². The minimum Gasteiger partial charge on any atom is -0.494 e. The van der Waals surface area contributed by atoms with Crippen molar-refractivity contribution < 1.29 is 18.7 Å². The number of amides is 1. The van der Waals surface area contributed by atoms with Gasteiger partial charge in [-0.3, -0.25) is 4.79 Å². The van der Waals surface area contributed by atoms with Crippen molar-refractivity contribution in [2.24, 2.45) is 0 Å². The van der Waals surface area contributed by atoms with Crippen LogP contribution in [0.15, 0.2) is 72.8 Å². The summed E-state index contributed by atoms with van der Waals surface area (Å²) in [5.74, 6) is 0.459. The third-order valence-electron chi connectivity index (χ3n) is 5.47. The van der Waals surface area contributed by atoms with Gasteiger partial charge in [0.05, 0.1) is 7.11 Å². The predicted octanol–water partition coefficient (Wildman–Crippen LogP) is 5.56. The number of ether oxygens (including phenoxy) is 2. The predicted molar refractivity (Wildman–Crippen MR) is 128 cm³/mol. The number of nitrogens with one attached hydrogen (secondary N) is 1. The van der Waals surface area contributed by atoms with Crippen LogP contribution in [-0.4, -0.2) is 23.6 Å². The minimum absolute atomic E-state index is 0.0828. The van der Waals surface area contributed by atoms with Gasteiger partial charge in [-0.2, -0.15) is 0 Å². The lowest BCUT2D eigenvalue weighted by Crippen LogP contribution is -2.34. The van der Waals surface area contributed by atoms with Crippen LogP contribution in [0.1, 0.15) is 19.4 Å². The summed E-state index contributed by atoms with van der Waals surface area (Å²) in [6.45, 7) is 4.50. The van der Waals surface area contributed by atoms with Crippen LogP contribution < -0.4 is 14.8 Å². The second kappa shape index (κ2) is 9.77. The van der Waals surface area contributed by atoms with E-state index in [1.165, 1.54) is 20.1 Å². The molecule has 6 heteroatoms. The van der Waals surface area contributed by atoms with Gasteiger partial charge in [-0.05, 0) is 55.0 Å². The first-order valence-corrected chi connectivity index (χ1v) is 10.9. The zero-order chi connectivity index (χ0) is 23.4. The highest BCUT2D eigenvalue weighted by atomic mass is 19.1. The molecular weight excluding hydrogens is 419 g/mol. The number of rotatable bonds is 8. The van der Waals surface area contributed by atoms with E-state index in [2.05, 4.69) is 16.0 Å². The van der Waals surface area contributed by atoms with Gasteiger partial charge in [0.1, 0.15) is 12.4 Å². The number of fused-ring (bicyclic) bond motifs is 1. The van der Waals surface area contributed by atoms with E-state index in [4.69, 9.17) is 9.47 Å². The standard InChI is InChI=1S/C27H27FN2O3/c1-18(29-19(2)31)16-30-25-12-10-23(33-17-20-7-5-4-6-8-20)13-22(25)14-26(30)21-9-11-24(28)27(15-21)32-3/h4-15,18H,16-17H2,1-3H3,(H,29,31). The van der Waals surface area contributed by atoms with E-state index >= 15 is 0 Å². The molecule has 1 amide bonds. The Bertz CT molecular complexity index is 1270. The molecule has 0 bridgehead atoms. The molecule has 0 aliphatic carbocycles. The van der Waals surface area contributed by atoms with Crippen molar-refractivity contribution in [3.05, 3.63) is 84.2 Å². The van der Waals surface area contributed by atoms with Crippen molar-refractivity contribution in [2.75, 3.05) is 7.11 Å². The van der Waals surface area contributed by atoms with E-state index in [-0.39, 0.29) is 17.7 Å². The van der Waals surface area contributed by atoms with Crippen LogP contribution in [0, 0.1) is 5.82 Å². The van der Waals surface area contributed by atoms with E-state index in [0.29, 0.717) is 13.2 Å². The summed E-state index contributed by atoms with van der Waals surface area (Å²) in [4.78, 5) is 11.6. The highest BCUT2D eigenvalue weighted by Gasteiger charge is 2.16. The summed E-state index contributed by atoms with van der Waals surface area (Å²) in [6, 6.07) is 22.8. The van der Waals surface area contributed by atoms with Crippen molar-refractivity contribution in [1.29, 1.82) is 0 Å². The molecule has 4 aromatic rings. The van der Waals surface area contributed by atoms with Crippen LogP contribution in [0.25, 0.3) is 22.2 Å². The highest BCUT2D eigenvalue weighted by molar-refractivity contribution is 5.88. The fraction of sp³-hybridized carbons (Fsp3) is 0.222. The van der Waals surface area contributed by atoms with Gasteiger partial charge >= 0.3 is 0 Å². The Balaban J connectivity index is 1.72. The SMILES string of the molecule is COc1cc(-c2cc3cc(OCc4ccccc4)ccc3n2CC(C)NC(C)=O)ccc1F. The molecule has 0 radical (unpaired) electrons. The van der Waals surface area contributed by atoms with Crippen molar-refractivity contribution in [3.8, 4) is 22.8 Å². The average molecular weight is 447 g/mol. The Morgan fingerprint density at radius 2 is 1.85 bits per heavy atom. The maximum Gasteiger partial charge on any atom is 0.217 e. The Kier molecular flexibility index (Phi) is 6.63. The number of halogens is 1. The van der Waals surface area contributed by atoms with E-state index in [1.54, 1.807) is 12.1 Å². The van der Waals surface area contributed by atoms with Gasteiger partial charge in [0.25, 0.3) is 0 Å². The molecule has 1 atom stereocenters. The van der Waals surface area contributed by atoms with Crippen molar-refractivity contribution in [2.45, 2.75) is 33.0 Å². The first-order valence-electron chi connectivity index (χ1n) is 10.9. The molecule has 170 valence electrons. The Morgan fingerprint density at radius 1 is 1.06 bits per heavy atom. The normalized spacial score (nSPS) is 11.9. The fourth-order valence-electron chi connectivity index (χ4n) is 4.00. The molecule has 1 unspecified atom stereocenters. The fourth-order valence-corrected chi connectivity index (χ4v) is 4.00. The molecule has 4 rings (SSSR count). The lowest BCUT2D eigenvalue weighted by atomic mass is 10.1. The number of carbonyl (C=O) groups is 1. The van der Waals surface area contributed by atoms with E-state index in [0.717, 1.165) is 33.5 Å². The number of hydrogen-bond donors (Lipinski definition) is 1. The van der Waals surface area contributed by atoms with Gasteiger partial charge in [0.2, 0.25) is 5.91 Å². The quantitative estimate of drug-likeness (QED) is 0.386. The number of carbonyl (C=O) groups excluding carboxylic acids is 1. The van der Waals surface area contributed by atoms with Gasteiger partial charge in [0.15, 0.2) is 11.6 Å². The lowest BCUT2D eigenvalue weighted by Gasteiger charge is -2.18. The molecule has 0 saturated heterocycles. The highest BCUT2D eigenvalue weighted by Crippen LogP contribution is 2.33. The van der Waals surface area contributed by atoms with Crippen LogP contribution in [-0.2, 0) is 17.9 Å². The van der Waals surface area contributed by atoms with Crippen LogP contribution in [0.4, 0.5) is 4.39 Å². The third kappa shape index (κ3) is 5.17. The molecule has 1 aromatic heterocycles. The molecule has 0 saturated carbocycles. The number of hydrogen-bond acceptors (Lipinski definition) is 3. The summed E-state index contributed by atoms with van der Waals surface area (Å²) in [6.07, 6.45) is 0. The van der Waals surface area contributed by atoms with Crippen molar-refractivity contribution >= 4 is 16.8 Å². The molecule has 0 spiro atoms. The Hall–Kier alpha value is -3.80. The maximum atomic E-state index is 14.0. The molecule has 5 nitrogen and oxygen atoms in total. The van der Waals surface area contributed by atoms with E-state index in [1.807, 2.05) is 55.5 Å². The first kappa shape index (κ1) is 22.4. The number of nitrogens with zero attached hydrogens (tertiary/aromatic N) is 1. The average Bonchev–Trinajstić information content (AvgIpc) is 3.15. The Labute approximate surface area is 192 Å². The number of aromatic nitrogens is 1. The summed E-state index contributed by atoms with van der Waals surface area (Å²) >= 11 is 0. The third-order valence-corrected chi connectivity index (χ3v) is 5.47. The van der Waals surface area contributed by atoms with E-state index in [9.17, 15) is 9.18 Å². The first-order chi connectivity index (χ1) is 15.9. The summed E-state index contributed by atoms with van der Waals surface area (Å²) < 4.78 is 27.3. The molecule has 3 aromatic carbocycles. The second-order valence-corrected chi connectivity index (χ2v) is 8.09. The van der Waals surface area contributed by atoms with Crippen LogP contribution in [0.5, 0.6) is 11.5 Å². The summed E-state index contributed by atoms with van der Waals surface area (Å²) in [5, 5.41) is 3.93. The second-order valence-electron chi connectivity index (χ2n) is 8.09. The molecule has 0 aliphatic rings. The summed E-state index contributed by atoms with van der Waals surface area (Å²) in [7, 11) is 1.45. The van der Waals surface area contributed by atoms with Gasteiger partial charge in [-0.15, -0.1) is 0 Å². The van der Waals surface area contributed by atoms with E-state index < -0.39 is 5.82 Å². The van der Waals surface area contributed by atoms with Gasteiger partial charge < -0.3 is 19.4 Å². The molecule has 33 heavy (non-hydrogen) atoms. The van der Waals surface area contributed by atoms with Crippen molar-refractivity contribution in [3.63, 3.8) is 0 Å².